The molecule has 0 amide bonds. The molecule has 330 valence electrons. The van der Waals surface area contributed by atoms with Crippen molar-refractivity contribution in [3.05, 3.63) is 218 Å². The molecular formula is C61H48N6Si2. The summed E-state index contributed by atoms with van der Waals surface area (Å²) in [6, 6.07) is 79.4. The van der Waals surface area contributed by atoms with E-state index < -0.39 is 16.1 Å². The number of hydrogen-bond acceptors (Lipinski definition) is 5. The van der Waals surface area contributed by atoms with Gasteiger partial charge in [-0.25, -0.2) is 15.0 Å². The number of hydrogen-bond donors (Lipinski definition) is 0. The largest absolute Gasteiger partial charge is 0.308 e. The summed E-state index contributed by atoms with van der Waals surface area (Å²) in [5.74, 6) is 1.84. The van der Waals surface area contributed by atoms with E-state index in [1.54, 1.807) is 0 Å². The van der Waals surface area contributed by atoms with Gasteiger partial charge in [0.15, 0.2) is 17.5 Å². The van der Waals surface area contributed by atoms with Crippen LogP contribution in [0.25, 0.3) is 61.7 Å². The van der Waals surface area contributed by atoms with Crippen molar-refractivity contribution in [3.63, 3.8) is 0 Å². The maximum Gasteiger partial charge on any atom is 0.164 e. The lowest BCUT2D eigenvalue weighted by Gasteiger charge is -2.44. The second kappa shape index (κ2) is 15.7. The van der Waals surface area contributed by atoms with Crippen LogP contribution in [0.5, 0.6) is 0 Å². The SMILES string of the molecule is C[Si]1(C)c2ccccc2N(c2cc(-c3nc(-c4ccccc4)nc(-c4ccccc4)n3)cc(N3c4ccccc4[Si](C)(C)c4ccccc43)c2-n2c3ccccc3c3ccccc32)c2ccccc21. The summed E-state index contributed by atoms with van der Waals surface area (Å²) in [5, 5.41) is 7.97. The Kier molecular flexibility index (Phi) is 9.34. The van der Waals surface area contributed by atoms with Crippen LogP contribution in [0.4, 0.5) is 34.1 Å². The van der Waals surface area contributed by atoms with Gasteiger partial charge in [-0.2, -0.15) is 0 Å². The Bertz CT molecular complexity index is 3490. The molecule has 13 rings (SSSR count). The molecule has 0 aliphatic carbocycles. The number of fused-ring (bicyclic) bond motifs is 7. The van der Waals surface area contributed by atoms with Crippen molar-refractivity contribution in [2.75, 3.05) is 9.80 Å². The maximum atomic E-state index is 5.44. The first-order valence-electron chi connectivity index (χ1n) is 23.8. The van der Waals surface area contributed by atoms with E-state index >= 15 is 0 Å². The van der Waals surface area contributed by atoms with Gasteiger partial charge in [-0.1, -0.05) is 196 Å². The highest BCUT2D eigenvalue weighted by Crippen LogP contribution is 2.51. The van der Waals surface area contributed by atoms with Crippen LogP contribution in [0.1, 0.15) is 0 Å². The van der Waals surface area contributed by atoms with Gasteiger partial charge in [-0.15, -0.1) is 0 Å². The zero-order valence-corrected chi connectivity index (χ0v) is 41.0. The fraction of sp³-hybridized carbons (Fsp3) is 0.0656. The second-order valence-corrected chi connectivity index (χ2v) is 27.9. The van der Waals surface area contributed by atoms with Crippen LogP contribution in [-0.4, -0.2) is 35.7 Å². The molecule has 9 aromatic carbocycles. The summed E-state index contributed by atoms with van der Waals surface area (Å²) in [6.07, 6.45) is 0. The van der Waals surface area contributed by atoms with Crippen molar-refractivity contribution in [2.24, 2.45) is 0 Å². The van der Waals surface area contributed by atoms with Crippen LogP contribution in [0, 0.1) is 0 Å². The van der Waals surface area contributed by atoms with Crippen molar-refractivity contribution in [3.8, 4) is 39.9 Å². The third-order valence-corrected chi connectivity index (χ3v) is 21.7. The molecule has 2 aromatic heterocycles. The predicted octanol–water partition coefficient (Wildman–Crippen LogP) is 13.2. The Morgan fingerprint density at radius 3 is 0.986 bits per heavy atom. The van der Waals surface area contributed by atoms with E-state index in [2.05, 4.69) is 223 Å². The van der Waals surface area contributed by atoms with Crippen molar-refractivity contribution in [2.45, 2.75) is 26.2 Å². The summed E-state index contributed by atoms with van der Waals surface area (Å²) in [4.78, 5) is 21.1. The molecule has 0 saturated carbocycles. The quantitative estimate of drug-likeness (QED) is 0.156. The van der Waals surface area contributed by atoms with Gasteiger partial charge in [0, 0.05) is 50.2 Å². The first-order valence-corrected chi connectivity index (χ1v) is 29.8. The Labute approximate surface area is 404 Å². The van der Waals surface area contributed by atoms with E-state index in [0.29, 0.717) is 17.5 Å². The van der Waals surface area contributed by atoms with E-state index in [0.717, 1.165) is 44.8 Å². The van der Waals surface area contributed by atoms with Gasteiger partial charge in [0.1, 0.15) is 16.1 Å². The molecule has 11 aromatic rings. The van der Waals surface area contributed by atoms with Crippen molar-refractivity contribution < 1.29 is 0 Å². The molecule has 6 nitrogen and oxygen atoms in total. The third kappa shape index (κ3) is 6.33. The van der Waals surface area contributed by atoms with E-state index in [4.69, 9.17) is 15.0 Å². The lowest BCUT2D eigenvalue weighted by Crippen LogP contribution is -2.58. The van der Waals surface area contributed by atoms with Crippen molar-refractivity contribution >= 4 is 92.8 Å². The van der Waals surface area contributed by atoms with Crippen LogP contribution < -0.4 is 30.5 Å². The number of anilines is 6. The molecule has 8 heteroatoms. The van der Waals surface area contributed by atoms with Crippen molar-refractivity contribution in [1.29, 1.82) is 0 Å². The number of benzene rings is 9. The minimum absolute atomic E-state index is 0.598. The average Bonchev–Trinajstić information content (AvgIpc) is 3.73. The molecule has 0 N–H and O–H groups in total. The molecule has 0 bridgehead atoms. The Morgan fingerprint density at radius 2 is 0.609 bits per heavy atom. The van der Waals surface area contributed by atoms with Gasteiger partial charge in [0.2, 0.25) is 0 Å². The van der Waals surface area contributed by atoms with Crippen molar-refractivity contribution in [1.82, 2.24) is 19.5 Å². The van der Waals surface area contributed by atoms with Crippen LogP contribution in [0.2, 0.25) is 26.2 Å². The lowest BCUT2D eigenvalue weighted by atomic mass is 10.0. The van der Waals surface area contributed by atoms with Crippen LogP contribution in [0.3, 0.4) is 0 Å². The summed E-state index contributed by atoms with van der Waals surface area (Å²) in [6.45, 7) is 9.97. The van der Waals surface area contributed by atoms with E-state index in [-0.39, 0.29) is 0 Å². The normalized spacial score (nSPS) is 14.3. The van der Waals surface area contributed by atoms with Gasteiger partial charge in [-0.05, 0) is 69.3 Å². The standard InChI is InChI=1S/C61H48N6Si2/c1-68(2)54-35-19-15-31-48(54)65(49-32-16-20-36-55(49)68)52-39-43(61-63-59(41-23-7-5-8-24-41)62-60(64-61)42-25-9-6-10-26-42)40-53(58(52)67-46-29-13-11-27-44(46)45-28-12-14-30-47(45)67)66-50-33-17-21-37-56(50)69(3,4)57-38-22-18-34-51(57)66/h5-40H,1-4H3. The fourth-order valence-corrected chi connectivity index (χ4v) is 17.2. The Morgan fingerprint density at radius 1 is 0.304 bits per heavy atom. The van der Waals surface area contributed by atoms with E-state index in [9.17, 15) is 0 Å². The average molecular weight is 921 g/mol. The molecule has 0 radical (unpaired) electrons. The number of aromatic nitrogens is 4. The molecule has 4 heterocycles. The molecule has 0 spiro atoms. The summed E-state index contributed by atoms with van der Waals surface area (Å²) < 4.78 is 2.53. The highest BCUT2D eigenvalue weighted by atomic mass is 28.3. The summed E-state index contributed by atoms with van der Waals surface area (Å²) in [5.41, 5.74) is 12.9. The monoisotopic (exact) mass is 920 g/mol. The summed E-state index contributed by atoms with van der Waals surface area (Å²) >= 11 is 0. The van der Waals surface area contributed by atoms with E-state index in [1.165, 1.54) is 54.3 Å². The van der Waals surface area contributed by atoms with Gasteiger partial charge < -0.3 is 14.4 Å². The summed E-state index contributed by atoms with van der Waals surface area (Å²) in [7, 11) is -4.38. The van der Waals surface area contributed by atoms with Crippen LogP contribution in [0.15, 0.2) is 218 Å². The Hall–Kier alpha value is -8.18. The number of rotatable bonds is 6. The third-order valence-electron chi connectivity index (χ3n) is 14.6. The maximum absolute atomic E-state index is 5.44. The topological polar surface area (TPSA) is 50.1 Å². The van der Waals surface area contributed by atoms with E-state index in [1.807, 2.05) is 36.4 Å². The highest BCUT2D eigenvalue weighted by molar-refractivity contribution is 7.03. The minimum Gasteiger partial charge on any atom is -0.308 e. The highest BCUT2D eigenvalue weighted by Gasteiger charge is 2.42. The molecule has 2 aliphatic rings. The second-order valence-electron chi connectivity index (χ2n) is 19.3. The van der Waals surface area contributed by atoms with Gasteiger partial charge in [0.05, 0.1) is 28.1 Å². The van der Waals surface area contributed by atoms with Gasteiger partial charge in [-0.3, -0.25) is 0 Å². The molecule has 0 unspecified atom stereocenters. The number of nitrogens with zero attached hydrogens (tertiary/aromatic N) is 6. The van der Waals surface area contributed by atoms with Crippen LogP contribution in [-0.2, 0) is 0 Å². The first kappa shape index (κ1) is 41.0. The van der Waals surface area contributed by atoms with Gasteiger partial charge >= 0.3 is 0 Å². The fourth-order valence-electron chi connectivity index (χ4n) is 11.3. The molecule has 69 heavy (non-hydrogen) atoms. The zero-order valence-electron chi connectivity index (χ0n) is 39.0. The minimum atomic E-state index is -2.19. The smallest absolute Gasteiger partial charge is 0.164 e. The molecule has 0 fully saturated rings. The lowest BCUT2D eigenvalue weighted by molar-refractivity contribution is 1.07. The molecule has 0 saturated heterocycles. The first-order chi connectivity index (χ1) is 33.8. The number of para-hydroxylation sites is 6. The molecular weight excluding hydrogens is 873 g/mol. The molecule has 0 atom stereocenters. The predicted molar refractivity (Wildman–Crippen MR) is 293 cm³/mol. The molecule has 2 aliphatic heterocycles. The Balaban J connectivity index is 1.24. The van der Waals surface area contributed by atoms with Crippen LogP contribution >= 0.6 is 0 Å². The van der Waals surface area contributed by atoms with Gasteiger partial charge in [0.25, 0.3) is 0 Å². The zero-order chi connectivity index (χ0) is 46.4.